The van der Waals surface area contributed by atoms with Gasteiger partial charge in [0.25, 0.3) is 0 Å². The van der Waals surface area contributed by atoms with Gasteiger partial charge in [-0.25, -0.2) is 0 Å². The van der Waals surface area contributed by atoms with Crippen molar-refractivity contribution in [1.29, 1.82) is 0 Å². The zero-order chi connectivity index (χ0) is 10.9. The summed E-state index contributed by atoms with van der Waals surface area (Å²) in [7, 11) is 0. The Morgan fingerprint density at radius 2 is 1.73 bits per heavy atom. The topological polar surface area (TPSA) is 23.5 Å². The molecule has 0 spiro atoms. The molecule has 1 atom stereocenters. The Morgan fingerprint density at radius 1 is 1.20 bits per heavy atom. The first-order chi connectivity index (χ1) is 7.24. The van der Waals surface area contributed by atoms with E-state index in [1.807, 2.05) is 0 Å². The van der Waals surface area contributed by atoms with Crippen molar-refractivity contribution >= 4 is 0 Å². The molecule has 15 heavy (non-hydrogen) atoms. The molecule has 0 radical (unpaired) electrons. The standard InChI is InChI=1S/C13H25NO/c1-3-14(4-2)13(9-5-6-10-13)12(15)11-7-8-11/h11-12,15H,3-10H2,1-2H3. The fourth-order valence-corrected chi connectivity index (χ4v) is 3.49. The van der Waals surface area contributed by atoms with Crippen LogP contribution in [-0.2, 0) is 0 Å². The molecule has 0 heterocycles. The highest BCUT2D eigenvalue weighted by molar-refractivity contribution is 5.04. The number of likely N-dealkylation sites (N-methyl/N-ethyl adjacent to an activating group) is 1. The maximum Gasteiger partial charge on any atom is 0.0751 e. The molecule has 2 saturated carbocycles. The average molecular weight is 211 g/mol. The van der Waals surface area contributed by atoms with Gasteiger partial charge in [-0.2, -0.15) is 0 Å². The second-order valence-electron chi connectivity index (χ2n) is 5.27. The van der Waals surface area contributed by atoms with Crippen LogP contribution >= 0.6 is 0 Å². The molecular formula is C13H25NO. The molecule has 0 aromatic heterocycles. The van der Waals surface area contributed by atoms with Crippen molar-refractivity contribution in [3.05, 3.63) is 0 Å². The summed E-state index contributed by atoms with van der Waals surface area (Å²) in [6.07, 6.45) is 7.49. The van der Waals surface area contributed by atoms with Gasteiger partial charge in [-0.3, -0.25) is 4.90 Å². The number of aliphatic hydroxyl groups excluding tert-OH is 1. The van der Waals surface area contributed by atoms with E-state index in [-0.39, 0.29) is 11.6 Å². The quantitative estimate of drug-likeness (QED) is 0.755. The van der Waals surface area contributed by atoms with Crippen molar-refractivity contribution in [3.63, 3.8) is 0 Å². The summed E-state index contributed by atoms with van der Waals surface area (Å²) in [6.45, 7) is 6.62. The molecule has 2 nitrogen and oxygen atoms in total. The first-order valence-corrected chi connectivity index (χ1v) is 6.67. The number of hydrogen-bond donors (Lipinski definition) is 1. The summed E-state index contributed by atoms with van der Waals surface area (Å²) in [5.74, 6) is 0.615. The molecule has 2 fully saturated rings. The molecular weight excluding hydrogens is 186 g/mol. The van der Waals surface area contributed by atoms with E-state index >= 15 is 0 Å². The Labute approximate surface area is 93.7 Å². The minimum absolute atomic E-state index is 0.0556. The zero-order valence-corrected chi connectivity index (χ0v) is 10.2. The van der Waals surface area contributed by atoms with Gasteiger partial charge >= 0.3 is 0 Å². The molecule has 0 saturated heterocycles. The molecule has 2 aliphatic rings. The first-order valence-electron chi connectivity index (χ1n) is 6.67. The van der Waals surface area contributed by atoms with E-state index in [4.69, 9.17) is 0 Å². The highest BCUT2D eigenvalue weighted by Crippen LogP contribution is 2.46. The summed E-state index contributed by atoms with van der Waals surface area (Å²) in [5, 5.41) is 10.5. The van der Waals surface area contributed by atoms with E-state index in [2.05, 4.69) is 18.7 Å². The summed E-state index contributed by atoms with van der Waals surface area (Å²) < 4.78 is 0. The fraction of sp³-hybridized carbons (Fsp3) is 1.00. The van der Waals surface area contributed by atoms with Gasteiger partial charge in [0.1, 0.15) is 0 Å². The maximum absolute atomic E-state index is 10.5. The summed E-state index contributed by atoms with van der Waals surface area (Å²) in [4.78, 5) is 2.52. The summed E-state index contributed by atoms with van der Waals surface area (Å²) in [6, 6.07) is 0. The average Bonchev–Trinajstić information content (AvgIpc) is 2.99. The Balaban J connectivity index is 2.13. The van der Waals surface area contributed by atoms with Crippen LogP contribution in [0.3, 0.4) is 0 Å². The van der Waals surface area contributed by atoms with Gasteiger partial charge in [0.15, 0.2) is 0 Å². The third-order valence-electron chi connectivity index (χ3n) is 4.48. The molecule has 0 amide bonds. The SMILES string of the molecule is CCN(CC)C1(C(O)C2CC2)CCCC1. The van der Waals surface area contributed by atoms with Gasteiger partial charge in [0.2, 0.25) is 0 Å². The van der Waals surface area contributed by atoms with Crippen LogP contribution in [0.1, 0.15) is 52.4 Å². The fourth-order valence-electron chi connectivity index (χ4n) is 3.49. The van der Waals surface area contributed by atoms with Crippen LogP contribution in [0.4, 0.5) is 0 Å². The smallest absolute Gasteiger partial charge is 0.0751 e. The molecule has 2 rings (SSSR count). The predicted molar refractivity (Wildman–Crippen MR) is 62.9 cm³/mol. The van der Waals surface area contributed by atoms with Gasteiger partial charge < -0.3 is 5.11 Å². The Kier molecular flexibility index (Phi) is 3.36. The lowest BCUT2D eigenvalue weighted by Gasteiger charge is -2.44. The summed E-state index contributed by atoms with van der Waals surface area (Å²) in [5.41, 5.74) is 0.144. The third-order valence-corrected chi connectivity index (χ3v) is 4.48. The lowest BCUT2D eigenvalue weighted by Crippen LogP contribution is -2.55. The van der Waals surface area contributed by atoms with Crippen molar-refractivity contribution in [1.82, 2.24) is 4.90 Å². The molecule has 88 valence electrons. The second-order valence-corrected chi connectivity index (χ2v) is 5.27. The van der Waals surface area contributed by atoms with Crippen LogP contribution in [0.5, 0.6) is 0 Å². The van der Waals surface area contributed by atoms with Gasteiger partial charge in [0.05, 0.1) is 6.10 Å². The summed E-state index contributed by atoms with van der Waals surface area (Å²) >= 11 is 0. The van der Waals surface area contributed by atoms with Crippen LogP contribution in [-0.4, -0.2) is 34.7 Å². The van der Waals surface area contributed by atoms with Gasteiger partial charge in [-0.1, -0.05) is 26.7 Å². The highest BCUT2D eigenvalue weighted by atomic mass is 16.3. The monoisotopic (exact) mass is 211 g/mol. The van der Waals surface area contributed by atoms with Crippen molar-refractivity contribution in [2.75, 3.05) is 13.1 Å². The molecule has 0 aromatic carbocycles. The van der Waals surface area contributed by atoms with E-state index < -0.39 is 0 Å². The number of rotatable bonds is 5. The van der Waals surface area contributed by atoms with Gasteiger partial charge in [0, 0.05) is 5.54 Å². The first kappa shape index (κ1) is 11.4. The lowest BCUT2D eigenvalue weighted by atomic mass is 9.85. The van der Waals surface area contributed by atoms with Gasteiger partial charge in [-0.05, 0) is 44.7 Å². The number of aliphatic hydroxyl groups is 1. The van der Waals surface area contributed by atoms with Crippen LogP contribution in [0, 0.1) is 5.92 Å². The Hall–Kier alpha value is -0.0800. The number of nitrogens with zero attached hydrogens (tertiary/aromatic N) is 1. The molecule has 0 aromatic rings. The molecule has 2 aliphatic carbocycles. The molecule has 1 N–H and O–H groups in total. The van der Waals surface area contributed by atoms with Crippen LogP contribution in [0.25, 0.3) is 0 Å². The van der Waals surface area contributed by atoms with E-state index in [1.165, 1.54) is 38.5 Å². The maximum atomic E-state index is 10.5. The van der Waals surface area contributed by atoms with Crippen LogP contribution in [0.15, 0.2) is 0 Å². The van der Waals surface area contributed by atoms with E-state index in [0.29, 0.717) is 5.92 Å². The second kappa shape index (κ2) is 4.42. The molecule has 1 unspecified atom stereocenters. The van der Waals surface area contributed by atoms with Crippen molar-refractivity contribution in [2.24, 2.45) is 5.92 Å². The van der Waals surface area contributed by atoms with E-state index in [0.717, 1.165) is 13.1 Å². The van der Waals surface area contributed by atoms with Crippen LogP contribution in [0.2, 0.25) is 0 Å². The van der Waals surface area contributed by atoms with E-state index in [1.54, 1.807) is 0 Å². The normalized spacial score (nSPS) is 27.2. The minimum Gasteiger partial charge on any atom is -0.391 e. The van der Waals surface area contributed by atoms with E-state index in [9.17, 15) is 5.11 Å². The molecule has 2 heteroatoms. The Morgan fingerprint density at radius 3 is 2.13 bits per heavy atom. The highest BCUT2D eigenvalue weighted by Gasteiger charge is 2.49. The van der Waals surface area contributed by atoms with Crippen molar-refractivity contribution in [3.8, 4) is 0 Å². The zero-order valence-electron chi connectivity index (χ0n) is 10.2. The molecule has 0 aliphatic heterocycles. The number of hydrogen-bond acceptors (Lipinski definition) is 2. The predicted octanol–water partition coefficient (Wildman–Crippen LogP) is 2.41. The van der Waals surface area contributed by atoms with Crippen molar-refractivity contribution in [2.45, 2.75) is 64.0 Å². The lowest BCUT2D eigenvalue weighted by molar-refractivity contribution is -0.0365. The molecule has 0 bridgehead atoms. The minimum atomic E-state index is -0.0556. The van der Waals surface area contributed by atoms with Crippen molar-refractivity contribution < 1.29 is 5.11 Å². The van der Waals surface area contributed by atoms with Crippen LogP contribution < -0.4 is 0 Å². The van der Waals surface area contributed by atoms with Gasteiger partial charge in [-0.15, -0.1) is 0 Å². The largest absolute Gasteiger partial charge is 0.391 e. The third kappa shape index (κ3) is 1.94. The Bertz CT molecular complexity index is 199.